The summed E-state index contributed by atoms with van der Waals surface area (Å²) in [6.07, 6.45) is 0. The molecular weight excluding hydrogens is 256 g/mol. The van der Waals surface area contributed by atoms with Crippen LogP contribution in [0.2, 0.25) is 0 Å². The second kappa shape index (κ2) is 5.89. The Labute approximate surface area is 108 Å². The standard InChI is InChI=1S/C11H12N2O6/c1-7(11(14)19-2)10(13(17)18)8-3-5-9(6-4-8)12(15)16/h3-7,10H,1-2H3. The van der Waals surface area contributed by atoms with Crippen LogP contribution in [-0.2, 0) is 9.53 Å². The van der Waals surface area contributed by atoms with Crippen molar-refractivity contribution in [1.82, 2.24) is 0 Å². The first-order valence-electron chi connectivity index (χ1n) is 5.34. The van der Waals surface area contributed by atoms with Gasteiger partial charge < -0.3 is 4.74 Å². The highest BCUT2D eigenvalue weighted by atomic mass is 16.6. The van der Waals surface area contributed by atoms with Gasteiger partial charge in [0.15, 0.2) is 0 Å². The molecule has 1 rings (SSSR count). The first-order valence-corrected chi connectivity index (χ1v) is 5.34. The largest absolute Gasteiger partial charge is 0.469 e. The smallest absolute Gasteiger partial charge is 0.315 e. The lowest BCUT2D eigenvalue weighted by Crippen LogP contribution is -2.26. The van der Waals surface area contributed by atoms with Crippen molar-refractivity contribution in [3.63, 3.8) is 0 Å². The fraction of sp³-hybridized carbons (Fsp3) is 0.364. The van der Waals surface area contributed by atoms with E-state index in [4.69, 9.17) is 0 Å². The average Bonchev–Trinajstić information content (AvgIpc) is 2.38. The molecule has 0 aliphatic rings. The lowest BCUT2D eigenvalue weighted by Gasteiger charge is -2.15. The third kappa shape index (κ3) is 3.24. The number of methoxy groups -OCH3 is 1. The summed E-state index contributed by atoms with van der Waals surface area (Å²) >= 11 is 0. The Morgan fingerprint density at radius 1 is 1.21 bits per heavy atom. The summed E-state index contributed by atoms with van der Waals surface area (Å²) in [6, 6.07) is 3.56. The summed E-state index contributed by atoms with van der Waals surface area (Å²) in [7, 11) is 1.14. The third-order valence-corrected chi connectivity index (χ3v) is 2.72. The number of nitro groups is 2. The minimum absolute atomic E-state index is 0.170. The van der Waals surface area contributed by atoms with Gasteiger partial charge in [-0.1, -0.05) is 0 Å². The van der Waals surface area contributed by atoms with Crippen LogP contribution in [0.3, 0.4) is 0 Å². The molecule has 0 heterocycles. The maximum absolute atomic E-state index is 11.4. The zero-order valence-electron chi connectivity index (χ0n) is 10.3. The molecule has 0 fully saturated rings. The van der Waals surface area contributed by atoms with Crippen LogP contribution in [0.1, 0.15) is 18.5 Å². The molecule has 0 saturated heterocycles. The van der Waals surface area contributed by atoms with Gasteiger partial charge in [-0.05, 0) is 19.1 Å². The molecule has 1 aromatic rings. The number of benzene rings is 1. The Morgan fingerprint density at radius 2 is 1.74 bits per heavy atom. The van der Waals surface area contributed by atoms with Gasteiger partial charge in [-0.15, -0.1) is 0 Å². The summed E-state index contributed by atoms with van der Waals surface area (Å²) < 4.78 is 4.47. The van der Waals surface area contributed by atoms with Crippen molar-refractivity contribution in [2.24, 2.45) is 5.92 Å². The van der Waals surface area contributed by atoms with E-state index in [1.165, 1.54) is 19.1 Å². The molecule has 19 heavy (non-hydrogen) atoms. The molecule has 102 valence electrons. The molecule has 0 saturated carbocycles. The minimum Gasteiger partial charge on any atom is -0.469 e. The van der Waals surface area contributed by atoms with E-state index < -0.39 is 27.8 Å². The Balaban J connectivity index is 3.09. The number of hydrogen-bond acceptors (Lipinski definition) is 6. The van der Waals surface area contributed by atoms with Gasteiger partial charge in [-0.25, -0.2) is 0 Å². The maximum atomic E-state index is 11.4. The van der Waals surface area contributed by atoms with Crippen LogP contribution in [0.5, 0.6) is 0 Å². The molecular formula is C11H12N2O6. The van der Waals surface area contributed by atoms with Crippen LogP contribution >= 0.6 is 0 Å². The van der Waals surface area contributed by atoms with Crippen molar-refractivity contribution in [3.8, 4) is 0 Å². The summed E-state index contributed by atoms with van der Waals surface area (Å²) in [5.41, 5.74) is 0.0464. The van der Waals surface area contributed by atoms with Crippen LogP contribution in [0.15, 0.2) is 24.3 Å². The fourth-order valence-electron chi connectivity index (χ4n) is 1.70. The Morgan fingerprint density at radius 3 is 2.11 bits per heavy atom. The second-order valence-electron chi connectivity index (χ2n) is 3.89. The zero-order valence-corrected chi connectivity index (χ0v) is 10.3. The Kier molecular flexibility index (Phi) is 4.51. The number of ether oxygens (including phenoxy) is 1. The van der Waals surface area contributed by atoms with Gasteiger partial charge in [0, 0.05) is 22.6 Å². The molecule has 2 unspecified atom stereocenters. The summed E-state index contributed by atoms with van der Waals surface area (Å²) in [5, 5.41) is 21.5. The number of rotatable bonds is 5. The first kappa shape index (κ1) is 14.6. The van der Waals surface area contributed by atoms with Gasteiger partial charge in [0.25, 0.3) is 11.7 Å². The monoisotopic (exact) mass is 268 g/mol. The lowest BCUT2D eigenvalue weighted by atomic mass is 9.95. The molecule has 0 aromatic heterocycles. The quantitative estimate of drug-likeness (QED) is 0.456. The normalized spacial score (nSPS) is 13.4. The number of non-ortho nitro benzene ring substituents is 1. The third-order valence-electron chi connectivity index (χ3n) is 2.72. The van der Waals surface area contributed by atoms with Crippen LogP contribution in [-0.4, -0.2) is 22.9 Å². The number of hydrogen-bond donors (Lipinski definition) is 0. The highest BCUT2D eigenvalue weighted by molar-refractivity contribution is 5.72. The zero-order chi connectivity index (χ0) is 14.6. The van der Waals surface area contributed by atoms with Crippen LogP contribution in [0.25, 0.3) is 0 Å². The van der Waals surface area contributed by atoms with Gasteiger partial charge in [0.2, 0.25) is 0 Å². The number of nitro benzene ring substituents is 1. The van der Waals surface area contributed by atoms with E-state index in [0.717, 1.165) is 19.2 Å². The molecule has 8 heteroatoms. The van der Waals surface area contributed by atoms with Crippen LogP contribution < -0.4 is 0 Å². The van der Waals surface area contributed by atoms with Gasteiger partial charge in [0.1, 0.15) is 5.92 Å². The highest BCUT2D eigenvalue weighted by Gasteiger charge is 2.36. The molecule has 0 radical (unpaired) electrons. The maximum Gasteiger partial charge on any atom is 0.315 e. The SMILES string of the molecule is COC(=O)C(C)C(c1ccc([N+](=O)[O-])cc1)[N+](=O)[O-]. The van der Waals surface area contributed by atoms with Crippen LogP contribution in [0.4, 0.5) is 5.69 Å². The molecule has 8 nitrogen and oxygen atoms in total. The second-order valence-corrected chi connectivity index (χ2v) is 3.89. The predicted octanol–water partition coefficient (Wildman–Crippen LogP) is 1.72. The molecule has 0 bridgehead atoms. The van der Waals surface area contributed by atoms with E-state index in [1.54, 1.807) is 0 Å². The molecule has 0 spiro atoms. The molecule has 0 aliphatic heterocycles. The number of nitrogens with zero attached hydrogens (tertiary/aromatic N) is 2. The lowest BCUT2D eigenvalue weighted by molar-refractivity contribution is -0.535. The molecule has 0 aliphatic carbocycles. The fourth-order valence-corrected chi connectivity index (χ4v) is 1.70. The molecule has 2 atom stereocenters. The number of carbonyl (C=O) groups excluding carboxylic acids is 1. The highest BCUT2D eigenvalue weighted by Crippen LogP contribution is 2.27. The van der Waals surface area contributed by atoms with Crippen molar-refractivity contribution in [2.75, 3.05) is 7.11 Å². The van der Waals surface area contributed by atoms with E-state index in [0.29, 0.717) is 0 Å². The van der Waals surface area contributed by atoms with E-state index >= 15 is 0 Å². The van der Waals surface area contributed by atoms with Gasteiger partial charge in [0.05, 0.1) is 12.0 Å². The summed E-state index contributed by atoms with van der Waals surface area (Å²) in [6.45, 7) is 1.38. The average molecular weight is 268 g/mol. The molecule has 1 aromatic carbocycles. The topological polar surface area (TPSA) is 113 Å². The summed E-state index contributed by atoms with van der Waals surface area (Å²) in [4.78, 5) is 31.7. The van der Waals surface area contributed by atoms with E-state index in [2.05, 4.69) is 4.74 Å². The van der Waals surface area contributed by atoms with Crippen molar-refractivity contribution < 1.29 is 19.4 Å². The van der Waals surface area contributed by atoms with E-state index in [9.17, 15) is 25.0 Å². The Hall–Kier alpha value is -2.51. The first-order chi connectivity index (χ1) is 8.88. The van der Waals surface area contributed by atoms with Crippen molar-refractivity contribution in [2.45, 2.75) is 13.0 Å². The van der Waals surface area contributed by atoms with Gasteiger partial charge in [-0.2, -0.15) is 0 Å². The number of carbonyl (C=O) groups is 1. The molecule has 0 N–H and O–H groups in total. The van der Waals surface area contributed by atoms with Crippen LogP contribution in [0, 0.1) is 26.1 Å². The number of esters is 1. The Bertz CT molecular complexity index is 498. The van der Waals surface area contributed by atoms with E-state index in [1.807, 2.05) is 0 Å². The van der Waals surface area contributed by atoms with E-state index in [-0.39, 0.29) is 11.3 Å². The summed E-state index contributed by atoms with van der Waals surface area (Å²) in [5.74, 6) is -1.69. The predicted molar refractivity (Wildman–Crippen MR) is 64.0 cm³/mol. The van der Waals surface area contributed by atoms with Crippen molar-refractivity contribution in [1.29, 1.82) is 0 Å². The van der Waals surface area contributed by atoms with Crippen molar-refractivity contribution >= 4 is 11.7 Å². The van der Waals surface area contributed by atoms with Gasteiger partial charge >= 0.3 is 5.97 Å². The van der Waals surface area contributed by atoms with Gasteiger partial charge in [-0.3, -0.25) is 25.0 Å². The molecule has 0 amide bonds. The minimum atomic E-state index is -1.30. The van der Waals surface area contributed by atoms with Crippen molar-refractivity contribution in [3.05, 3.63) is 50.1 Å².